The predicted octanol–water partition coefficient (Wildman–Crippen LogP) is 2.33. The molecule has 1 rings (SSSR count). The Morgan fingerprint density at radius 1 is 1.37 bits per heavy atom. The van der Waals surface area contributed by atoms with Gasteiger partial charge < -0.3 is 10.4 Å². The van der Waals surface area contributed by atoms with Gasteiger partial charge in [0.15, 0.2) is 11.6 Å². The monoisotopic (exact) mass is 299 g/mol. The number of carbonyl (C=O) groups is 1. The Hall–Kier alpha value is -1.34. The van der Waals surface area contributed by atoms with E-state index < -0.39 is 35.1 Å². The van der Waals surface area contributed by atoms with E-state index in [1.165, 1.54) is 6.92 Å². The Morgan fingerprint density at radius 2 is 1.95 bits per heavy atom. The lowest BCUT2D eigenvalue weighted by molar-refractivity contribution is -0.137. The molecule has 0 aliphatic heterocycles. The lowest BCUT2D eigenvalue weighted by atomic mass is 10.0. The van der Waals surface area contributed by atoms with Gasteiger partial charge in [-0.25, -0.2) is 8.78 Å². The van der Waals surface area contributed by atoms with Crippen molar-refractivity contribution in [2.45, 2.75) is 24.5 Å². The second-order valence-corrected chi connectivity index (χ2v) is 4.35. The molecule has 0 aromatic heterocycles. The largest absolute Gasteiger partial charge is 0.399 e. The summed E-state index contributed by atoms with van der Waals surface area (Å²) in [6.45, 7) is 1.21. The molecule has 1 amide bonds. The number of rotatable bonds is 4. The number of aliphatic hydroxyl groups excluding tert-OH is 1. The van der Waals surface area contributed by atoms with E-state index in [2.05, 4.69) is 11.6 Å². The maximum absolute atomic E-state index is 12.9. The van der Waals surface area contributed by atoms with Crippen molar-refractivity contribution >= 4 is 17.5 Å². The van der Waals surface area contributed by atoms with Crippen molar-refractivity contribution in [2.75, 3.05) is 0 Å². The molecular weight excluding hydrogens is 290 g/mol. The summed E-state index contributed by atoms with van der Waals surface area (Å²) in [5, 5.41) is 7.38. The maximum atomic E-state index is 12.9. The SMILES string of the molecule is CC(NC(=O)C(F)(F)Cl)C(O)c1ccc(F)c(F)c1. The van der Waals surface area contributed by atoms with Crippen molar-refractivity contribution in [1.82, 2.24) is 5.32 Å². The first-order valence-electron chi connectivity index (χ1n) is 5.13. The van der Waals surface area contributed by atoms with Crippen LogP contribution in [-0.4, -0.2) is 22.4 Å². The molecule has 2 atom stereocenters. The predicted molar refractivity (Wildman–Crippen MR) is 59.7 cm³/mol. The van der Waals surface area contributed by atoms with Crippen molar-refractivity contribution in [3.8, 4) is 0 Å². The Morgan fingerprint density at radius 3 is 2.42 bits per heavy atom. The zero-order valence-electron chi connectivity index (χ0n) is 9.63. The number of alkyl halides is 3. The summed E-state index contributed by atoms with van der Waals surface area (Å²) in [4.78, 5) is 10.9. The van der Waals surface area contributed by atoms with E-state index in [-0.39, 0.29) is 5.56 Å². The van der Waals surface area contributed by atoms with Crippen LogP contribution in [0.3, 0.4) is 0 Å². The van der Waals surface area contributed by atoms with Crippen LogP contribution < -0.4 is 5.32 Å². The summed E-state index contributed by atoms with van der Waals surface area (Å²) in [5.41, 5.74) is -0.0652. The average Bonchev–Trinajstić information content (AvgIpc) is 2.30. The van der Waals surface area contributed by atoms with Crippen LogP contribution in [0.2, 0.25) is 0 Å². The van der Waals surface area contributed by atoms with Crippen LogP contribution in [0.1, 0.15) is 18.6 Å². The number of nitrogens with one attached hydrogen (secondary N) is 1. The molecule has 0 aliphatic rings. The van der Waals surface area contributed by atoms with Crippen LogP contribution in [0.25, 0.3) is 0 Å². The zero-order chi connectivity index (χ0) is 14.8. The summed E-state index contributed by atoms with van der Waals surface area (Å²) < 4.78 is 50.5. The molecule has 0 aliphatic carbocycles. The van der Waals surface area contributed by atoms with Gasteiger partial charge in [0.1, 0.15) is 0 Å². The fourth-order valence-electron chi connectivity index (χ4n) is 1.35. The van der Waals surface area contributed by atoms with Crippen LogP contribution in [0.15, 0.2) is 18.2 Å². The van der Waals surface area contributed by atoms with Crippen LogP contribution in [0.5, 0.6) is 0 Å². The summed E-state index contributed by atoms with van der Waals surface area (Å²) >= 11 is 4.49. The van der Waals surface area contributed by atoms with E-state index in [0.717, 1.165) is 12.1 Å². The molecule has 0 heterocycles. The van der Waals surface area contributed by atoms with Gasteiger partial charge in [0.05, 0.1) is 12.1 Å². The maximum Gasteiger partial charge on any atom is 0.399 e. The molecule has 1 aromatic carbocycles. The summed E-state index contributed by atoms with van der Waals surface area (Å²) in [6.07, 6.45) is -1.49. The normalized spacial score (nSPS) is 14.9. The van der Waals surface area contributed by atoms with Gasteiger partial charge in [-0.1, -0.05) is 6.07 Å². The van der Waals surface area contributed by atoms with Gasteiger partial charge in [0, 0.05) is 0 Å². The number of hydrogen-bond donors (Lipinski definition) is 2. The molecule has 0 bridgehead atoms. The highest BCUT2D eigenvalue weighted by molar-refractivity contribution is 6.32. The Labute approximate surface area is 111 Å². The molecule has 19 heavy (non-hydrogen) atoms. The van der Waals surface area contributed by atoms with Gasteiger partial charge in [0.25, 0.3) is 0 Å². The molecule has 0 saturated carbocycles. The van der Waals surface area contributed by atoms with E-state index in [1.807, 2.05) is 0 Å². The fraction of sp³-hybridized carbons (Fsp3) is 0.364. The number of halogens is 5. The number of amides is 1. The summed E-state index contributed by atoms with van der Waals surface area (Å²) in [5.74, 6) is -4.10. The van der Waals surface area contributed by atoms with Crippen LogP contribution in [0.4, 0.5) is 17.6 Å². The highest BCUT2D eigenvalue weighted by Crippen LogP contribution is 2.22. The minimum absolute atomic E-state index is 0.0652. The first-order valence-corrected chi connectivity index (χ1v) is 5.51. The van der Waals surface area contributed by atoms with Crippen LogP contribution in [-0.2, 0) is 4.79 Å². The smallest absolute Gasteiger partial charge is 0.386 e. The molecular formula is C11H10ClF4NO2. The van der Waals surface area contributed by atoms with Crippen LogP contribution in [0, 0.1) is 11.6 Å². The lowest BCUT2D eigenvalue weighted by Crippen LogP contribution is -2.43. The number of aliphatic hydroxyl groups is 1. The zero-order valence-corrected chi connectivity index (χ0v) is 10.4. The molecule has 0 saturated heterocycles. The summed E-state index contributed by atoms with van der Waals surface area (Å²) in [6, 6.07) is 1.40. The minimum Gasteiger partial charge on any atom is -0.386 e. The third kappa shape index (κ3) is 4.07. The van der Waals surface area contributed by atoms with Gasteiger partial charge in [-0.2, -0.15) is 8.78 Å². The Bertz CT molecular complexity index is 478. The van der Waals surface area contributed by atoms with Crippen molar-refractivity contribution < 1.29 is 27.5 Å². The van der Waals surface area contributed by atoms with E-state index in [9.17, 15) is 27.5 Å². The quantitative estimate of drug-likeness (QED) is 0.662. The first kappa shape index (κ1) is 15.7. The van der Waals surface area contributed by atoms with Crippen molar-refractivity contribution in [2.24, 2.45) is 0 Å². The third-order valence-electron chi connectivity index (χ3n) is 2.38. The standard InChI is InChI=1S/C11H10ClF4NO2/c1-5(17-10(19)11(12,15)16)9(18)6-2-3-7(13)8(14)4-6/h2-5,9,18H,1H3,(H,17,19). The van der Waals surface area contributed by atoms with Gasteiger partial charge in [-0.05, 0) is 36.2 Å². The topological polar surface area (TPSA) is 49.3 Å². The average molecular weight is 300 g/mol. The Balaban J connectivity index is 2.79. The van der Waals surface area contributed by atoms with Crippen molar-refractivity contribution in [3.05, 3.63) is 35.4 Å². The Kier molecular flexibility index (Phi) is 4.75. The van der Waals surface area contributed by atoms with Gasteiger partial charge in [0.2, 0.25) is 0 Å². The fourth-order valence-corrected chi connectivity index (χ4v) is 1.41. The minimum atomic E-state index is -4.11. The second-order valence-electron chi connectivity index (χ2n) is 3.88. The molecule has 2 N–H and O–H groups in total. The van der Waals surface area contributed by atoms with Gasteiger partial charge in [-0.15, -0.1) is 0 Å². The van der Waals surface area contributed by atoms with E-state index >= 15 is 0 Å². The molecule has 0 spiro atoms. The molecule has 3 nitrogen and oxygen atoms in total. The van der Waals surface area contributed by atoms with E-state index in [0.29, 0.717) is 6.07 Å². The highest BCUT2D eigenvalue weighted by Gasteiger charge is 2.37. The third-order valence-corrected chi connectivity index (χ3v) is 2.55. The van der Waals surface area contributed by atoms with E-state index in [4.69, 9.17) is 0 Å². The molecule has 0 radical (unpaired) electrons. The second kappa shape index (κ2) is 5.75. The first-order chi connectivity index (χ1) is 8.62. The van der Waals surface area contributed by atoms with E-state index in [1.54, 1.807) is 5.32 Å². The number of hydrogen-bond acceptors (Lipinski definition) is 2. The van der Waals surface area contributed by atoms with Crippen LogP contribution >= 0.6 is 11.6 Å². The van der Waals surface area contributed by atoms with Crippen molar-refractivity contribution in [1.29, 1.82) is 0 Å². The van der Waals surface area contributed by atoms with Gasteiger partial charge >= 0.3 is 11.3 Å². The lowest BCUT2D eigenvalue weighted by Gasteiger charge is -2.21. The molecule has 1 aromatic rings. The molecule has 106 valence electrons. The molecule has 2 unspecified atom stereocenters. The van der Waals surface area contributed by atoms with Crippen molar-refractivity contribution in [3.63, 3.8) is 0 Å². The number of carbonyl (C=O) groups excluding carboxylic acids is 1. The molecule has 0 fully saturated rings. The summed E-state index contributed by atoms with van der Waals surface area (Å²) in [7, 11) is 0. The number of benzene rings is 1. The highest BCUT2D eigenvalue weighted by atomic mass is 35.5. The molecule has 8 heteroatoms. The van der Waals surface area contributed by atoms with Gasteiger partial charge in [-0.3, -0.25) is 4.79 Å².